The number of rotatable bonds is 7. The Balaban J connectivity index is 1.16. The van der Waals surface area contributed by atoms with E-state index in [1.807, 2.05) is 0 Å². The molecule has 0 amide bonds. The van der Waals surface area contributed by atoms with E-state index in [0.717, 1.165) is 55.8 Å². The number of hydrogen-bond donors (Lipinski definition) is 1. The zero-order valence-corrected chi connectivity index (χ0v) is 16.5. The molecule has 0 radical (unpaired) electrons. The molecule has 5 fully saturated rings. The number of aliphatic hydroxyl groups is 1. The van der Waals surface area contributed by atoms with Crippen molar-refractivity contribution in [2.24, 2.45) is 35.0 Å². The summed E-state index contributed by atoms with van der Waals surface area (Å²) in [5.74, 6) is 4.60. The number of aliphatic hydroxyl groups excluding tert-OH is 1. The SMILES string of the molecule is C[C@H]1C[C@H](C)CN(C[C@H](O)COCCC23CC4CC(CC(C4)C2)C3)C1. The summed E-state index contributed by atoms with van der Waals surface area (Å²) < 4.78 is 5.95. The monoisotopic (exact) mass is 349 g/mol. The predicted octanol–water partition coefficient (Wildman–Crippen LogP) is 3.95. The molecule has 1 N–H and O–H groups in total. The van der Waals surface area contributed by atoms with Crippen LogP contribution in [0.5, 0.6) is 0 Å². The first-order valence-corrected chi connectivity index (χ1v) is 11.0. The number of likely N-dealkylation sites (tertiary alicyclic amines) is 1. The van der Waals surface area contributed by atoms with Crippen LogP contribution in [0.25, 0.3) is 0 Å². The molecule has 1 heterocycles. The van der Waals surface area contributed by atoms with Gasteiger partial charge in [0.15, 0.2) is 0 Å². The summed E-state index contributed by atoms with van der Waals surface area (Å²) in [5, 5.41) is 10.4. The Kier molecular flexibility index (Phi) is 5.46. The van der Waals surface area contributed by atoms with Gasteiger partial charge in [-0.2, -0.15) is 0 Å². The topological polar surface area (TPSA) is 32.7 Å². The zero-order chi connectivity index (χ0) is 17.4. The Labute approximate surface area is 154 Å². The molecule has 144 valence electrons. The van der Waals surface area contributed by atoms with E-state index in [4.69, 9.17) is 4.74 Å². The summed E-state index contributed by atoms with van der Waals surface area (Å²) in [7, 11) is 0. The van der Waals surface area contributed by atoms with Crippen molar-refractivity contribution in [2.45, 2.75) is 71.3 Å². The number of hydrogen-bond acceptors (Lipinski definition) is 3. The molecule has 0 aromatic carbocycles. The van der Waals surface area contributed by atoms with Crippen LogP contribution in [-0.2, 0) is 4.74 Å². The minimum absolute atomic E-state index is 0.325. The highest BCUT2D eigenvalue weighted by Crippen LogP contribution is 2.61. The highest BCUT2D eigenvalue weighted by molar-refractivity contribution is 5.01. The molecule has 5 aliphatic rings. The molecule has 0 spiro atoms. The first kappa shape index (κ1) is 18.3. The Morgan fingerprint density at radius 3 is 2.08 bits per heavy atom. The standard InChI is InChI=1S/C22H39NO2/c1-16-5-17(2)13-23(12-16)14-21(24)15-25-4-3-22-9-18-6-19(10-22)8-20(7-18)11-22/h16-21,24H,3-15H2,1-2H3/t16-,17-,18?,19?,20?,21-,22?/m0/s1. The van der Waals surface area contributed by atoms with Crippen molar-refractivity contribution < 1.29 is 9.84 Å². The fraction of sp³-hybridized carbons (Fsp3) is 1.00. The van der Waals surface area contributed by atoms with E-state index in [1.165, 1.54) is 51.4 Å². The lowest BCUT2D eigenvalue weighted by atomic mass is 9.49. The lowest BCUT2D eigenvalue weighted by Gasteiger charge is -2.57. The first-order chi connectivity index (χ1) is 12.0. The Morgan fingerprint density at radius 1 is 0.960 bits per heavy atom. The molecule has 1 saturated heterocycles. The quantitative estimate of drug-likeness (QED) is 0.707. The molecule has 0 aromatic rings. The molecule has 5 rings (SSSR count). The molecule has 0 unspecified atom stereocenters. The molecule has 4 saturated carbocycles. The average Bonchev–Trinajstić information content (AvgIpc) is 2.49. The molecule has 4 bridgehead atoms. The lowest BCUT2D eigenvalue weighted by Crippen LogP contribution is -2.46. The first-order valence-electron chi connectivity index (χ1n) is 11.0. The predicted molar refractivity (Wildman–Crippen MR) is 101 cm³/mol. The second-order valence-electron chi connectivity index (χ2n) is 10.6. The third-order valence-electron chi connectivity index (χ3n) is 7.67. The van der Waals surface area contributed by atoms with Gasteiger partial charge in [0.2, 0.25) is 0 Å². The van der Waals surface area contributed by atoms with Gasteiger partial charge in [-0.3, -0.25) is 0 Å². The maximum absolute atomic E-state index is 10.4. The van der Waals surface area contributed by atoms with E-state index in [1.54, 1.807) is 0 Å². The third-order valence-corrected chi connectivity index (χ3v) is 7.67. The molecular weight excluding hydrogens is 310 g/mol. The van der Waals surface area contributed by atoms with Gasteiger partial charge in [0.05, 0.1) is 12.7 Å². The molecule has 3 atom stereocenters. The third kappa shape index (κ3) is 4.42. The van der Waals surface area contributed by atoms with Crippen LogP contribution in [0.3, 0.4) is 0 Å². The number of β-amino-alcohol motifs (C(OH)–C–C–N with tert-alkyl or cyclic N) is 1. The fourth-order valence-corrected chi connectivity index (χ4v) is 7.40. The molecule has 0 aromatic heterocycles. The fourth-order valence-electron chi connectivity index (χ4n) is 7.40. The van der Waals surface area contributed by atoms with Gasteiger partial charge in [-0.25, -0.2) is 0 Å². The molecular formula is C22H39NO2. The van der Waals surface area contributed by atoms with E-state index < -0.39 is 0 Å². The van der Waals surface area contributed by atoms with Crippen LogP contribution in [-0.4, -0.2) is 49.0 Å². The van der Waals surface area contributed by atoms with Crippen molar-refractivity contribution in [1.29, 1.82) is 0 Å². The summed E-state index contributed by atoms with van der Waals surface area (Å²) >= 11 is 0. The smallest absolute Gasteiger partial charge is 0.0900 e. The summed E-state index contributed by atoms with van der Waals surface area (Å²) in [6.07, 6.45) is 11.2. The van der Waals surface area contributed by atoms with Gasteiger partial charge in [-0.1, -0.05) is 13.8 Å². The van der Waals surface area contributed by atoms with Gasteiger partial charge in [-0.15, -0.1) is 0 Å². The normalized spacial score (nSPS) is 45.0. The van der Waals surface area contributed by atoms with Gasteiger partial charge in [-0.05, 0) is 86.4 Å². The maximum Gasteiger partial charge on any atom is 0.0900 e. The zero-order valence-electron chi connectivity index (χ0n) is 16.5. The minimum atomic E-state index is -0.325. The Morgan fingerprint density at radius 2 is 1.52 bits per heavy atom. The number of nitrogens with zero attached hydrogens (tertiary/aromatic N) is 1. The van der Waals surface area contributed by atoms with Crippen molar-refractivity contribution in [3.8, 4) is 0 Å². The Hall–Kier alpha value is -0.120. The van der Waals surface area contributed by atoms with Crippen LogP contribution in [0.2, 0.25) is 0 Å². The second-order valence-corrected chi connectivity index (χ2v) is 10.6. The molecule has 1 aliphatic heterocycles. The average molecular weight is 350 g/mol. The highest BCUT2D eigenvalue weighted by atomic mass is 16.5. The number of piperidine rings is 1. The summed E-state index contributed by atoms with van der Waals surface area (Å²) in [6, 6.07) is 0. The van der Waals surface area contributed by atoms with Crippen LogP contribution < -0.4 is 0 Å². The van der Waals surface area contributed by atoms with Crippen LogP contribution in [0.15, 0.2) is 0 Å². The van der Waals surface area contributed by atoms with Gasteiger partial charge in [0.1, 0.15) is 0 Å². The van der Waals surface area contributed by atoms with Gasteiger partial charge in [0, 0.05) is 26.2 Å². The van der Waals surface area contributed by atoms with Crippen LogP contribution in [0.4, 0.5) is 0 Å². The maximum atomic E-state index is 10.4. The van der Waals surface area contributed by atoms with Crippen molar-refractivity contribution >= 4 is 0 Å². The van der Waals surface area contributed by atoms with E-state index in [-0.39, 0.29) is 6.10 Å². The van der Waals surface area contributed by atoms with E-state index in [0.29, 0.717) is 12.0 Å². The van der Waals surface area contributed by atoms with E-state index >= 15 is 0 Å². The van der Waals surface area contributed by atoms with Crippen molar-refractivity contribution in [1.82, 2.24) is 4.90 Å². The van der Waals surface area contributed by atoms with Crippen LogP contribution in [0.1, 0.15) is 65.2 Å². The summed E-state index contributed by atoms with van der Waals surface area (Å²) in [5.41, 5.74) is 0.609. The molecule has 25 heavy (non-hydrogen) atoms. The number of ether oxygens (including phenoxy) is 1. The molecule has 3 nitrogen and oxygen atoms in total. The van der Waals surface area contributed by atoms with E-state index in [9.17, 15) is 5.11 Å². The Bertz CT molecular complexity index is 406. The van der Waals surface area contributed by atoms with Gasteiger partial charge >= 0.3 is 0 Å². The lowest BCUT2D eigenvalue weighted by molar-refractivity contribution is -0.0746. The summed E-state index contributed by atoms with van der Waals surface area (Å²) in [4.78, 5) is 2.44. The van der Waals surface area contributed by atoms with Crippen molar-refractivity contribution in [3.63, 3.8) is 0 Å². The molecule has 3 heteroatoms. The van der Waals surface area contributed by atoms with Gasteiger partial charge in [0.25, 0.3) is 0 Å². The van der Waals surface area contributed by atoms with E-state index in [2.05, 4.69) is 18.7 Å². The van der Waals surface area contributed by atoms with Crippen LogP contribution in [0, 0.1) is 35.0 Å². The summed E-state index contributed by atoms with van der Waals surface area (Å²) in [6.45, 7) is 9.09. The van der Waals surface area contributed by atoms with Crippen LogP contribution >= 0.6 is 0 Å². The van der Waals surface area contributed by atoms with Crippen molar-refractivity contribution in [3.05, 3.63) is 0 Å². The second kappa shape index (κ2) is 7.48. The largest absolute Gasteiger partial charge is 0.389 e. The van der Waals surface area contributed by atoms with Gasteiger partial charge < -0.3 is 14.7 Å². The minimum Gasteiger partial charge on any atom is -0.389 e. The van der Waals surface area contributed by atoms with Crippen molar-refractivity contribution in [2.75, 3.05) is 32.8 Å². The molecule has 4 aliphatic carbocycles. The highest BCUT2D eigenvalue weighted by Gasteiger charge is 2.50.